The molecule has 1 spiro atoms. The van der Waals surface area contributed by atoms with Crippen molar-refractivity contribution in [3.8, 4) is 0 Å². The third-order valence-corrected chi connectivity index (χ3v) is 4.04. The fourth-order valence-corrected chi connectivity index (χ4v) is 3.29. The zero-order valence-electron chi connectivity index (χ0n) is 10.3. The molecule has 4 nitrogen and oxygen atoms in total. The van der Waals surface area contributed by atoms with E-state index in [4.69, 9.17) is 10.2 Å². The predicted octanol–water partition coefficient (Wildman–Crippen LogP) is 0.746. The summed E-state index contributed by atoms with van der Waals surface area (Å²) >= 11 is 0. The minimum atomic E-state index is 0.557. The van der Waals surface area contributed by atoms with Gasteiger partial charge in [-0.1, -0.05) is 0 Å². The molecule has 4 heteroatoms. The molecule has 0 saturated carbocycles. The summed E-state index contributed by atoms with van der Waals surface area (Å²) in [6.07, 6.45) is 3.09. The molecule has 2 saturated heterocycles. The molecule has 0 bridgehead atoms. The van der Waals surface area contributed by atoms with Crippen LogP contribution in [-0.2, 0) is 6.54 Å². The Morgan fingerprint density at radius 3 is 2.82 bits per heavy atom. The molecule has 2 N–H and O–H groups in total. The van der Waals surface area contributed by atoms with E-state index in [-0.39, 0.29) is 0 Å². The highest BCUT2D eigenvalue weighted by Crippen LogP contribution is 2.39. The number of nitrogens with zero attached hydrogens (tertiary/aromatic N) is 2. The summed E-state index contributed by atoms with van der Waals surface area (Å²) in [5.41, 5.74) is 6.14. The van der Waals surface area contributed by atoms with Gasteiger partial charge in [-0.15, -0.1) is 0 Å². The smallest absolute Gasteiger partial charge is 0.117 e. The maximum absolute atomic E-state index is 5.58. The normalized spacial score (nSPS) is 24.3. The summed E-state index contributed by atoms with van der Waals surface area (Å²) in [4.78, 5) is 4.98. The van der Waals surface area contributed by atoms with Crippen LogP contribution in [0.15, 0.2) is 22.8 Å². The van der Waals surface area contributed by atoms with Crippen molar-refractivity contribution in [2.45, 2.75) is 13.0 Å². The second-order valence-electron chi connectivity index (χ2n) is 5.54. The van der Waals surface area contributed by atoms with Crippen LogP contribution in [0, 0.1) is 5.41 Å². The van der Waals surface area contributed by atoms with Gasteiger partial charge < -0.3 is 15.1 Å². The van der Waals surface area contributed by atoms with Crippen molar-refractivity contribution in [2.24, 2.45) is 11.1 Å². The van der Waals surface area contributed by atoms with Crippen molar-refractivity contribution >= 4 is 0 Å². The highest BCUT2D eigenvalue weighted by molar-refractivity contribution is 5.04. The predicted molar refractivity (Wildman–Crippen MR) is 66.5 cm³/mol. The molecule has 2 fully saturated rings. The number of rotatable bonds is 4. The van der Waals surface area contributed by atoms with Gasteiger partial charge >= 0.3 is 0 Å². The van der Waals surface area contributed by atoms with Gasteiger partial charge in [-0.25, -0.2) is 0 Å². The van der Waals surface area contributed by atoms with Crippen molar-refractivity contribution in [3.05, 3.63) is 24.2 Å². The fraction of sp³-hybridized carbons (Fsp3) is 0.692. The zero-order chi connectivity index (χ0) is 11.7. The first-order valence-corrected chi connectivity index (χ1v) is 6.47. The lowest BCUT2D eigenvalue weighted by molar-refractivity contribution is 0.0102. The number of hydrogen-bond acceptors (Lipinski definition) is 4. The van der Waals surface area contributed by atoms with E-state index >= 15 is 0 Å². The fourth-order valence-electron chi connectivity index (χ4n) is 3.29. The summed E-state index contributed by atoms with van der Waals surface area (Å²) in [6.45, 7) is 7.70. The van der Waals surface area contributed by atoms with Crippen LogP contribution in [0.5, 0.6) is 0 Å². The average Bonchev–Trinajstić information content (AvgIpc) is 2.88. The Bertz CT molecular complexity index is 357. The summed E-state index contributed by atoms with van der Waals surface area (Å²) in [7, 11) is 0. The topological polar surface area (TPSA) is 45.6 Å². The van der Waals surface area contributed by atoms with Gasteiger partial charge in [0.05, 0.1) is 12.8 Å². The first-order valence-electron chi connectivity index (χ1n) is 6.47. The van der Waals surface area contributed by atoms with Crippen molar-refractivity contribution < 1.29 is 4.42 Å². The lowest BCUT2D eigenvalue weighted by Gasteiger charge is -2.48. The second-order valence-corrected chi connectivity index (χ2v) is 5.54. The number of likely N-dealkylation sites (tertiary alicyclic amines) is 2. The van der Waals surface area contributed by atoms with E-state index in [2.05, 4.69) is 15.9 Å². The SMILES string of the molecule is NCCN1CC2(CCN(Cc3ccco3)C2)C1. The van der Waals surface area contributed by atoms with Gasteiger partial charge in [0.25, 0.3) is 0 Å². The van der Waals surface area contributed by atoms with Gasteiger partial charge in [0.15, 0.2) is 0 Å². The quantitative estimate of drug-likeness (QED) is 0.836. The lowest BCUT2D eigenvalue weighted by Crippen LogP contribution is -2.58. The Hall–Kier alpha value is -0.840. The first kappa shape index (κ1) is 11.3. The van der Waals surface area contributed by atoms with Crippen LogP contribution in [0.1, 0.15) is 12.2 Å². The summed E-state index contributed by atoms with van der Waals surface area (Å²) in [5.74, 6) is 1.08. The van der Waals surface area contributed by atoms with Crippen LogP contribution < -0.4 is 5.73 Å². The van der Waals surface area contributed by atoms with E-state index in [1.165, 1.54) is 32.6 Å². The molecule has 94 valence electrons. The molecule has 3 rings (SSSR count). The van der Waals surface area contributed by atoms with Crippen LogP contribution in [0.25, 0.3) is 0 Å². The Kier molecular flexibility index (Phi) is 2.94. The molecule has 3 heterocycles. The van der Waals surface area contributed by atoms with Gasteiger partial charge in [-0.2, -0.15) is 0 Å². The zero-order valence-corrected chi connectivity index (χ0v) is 10.3. The number of nitrogens with two attached hydrogens (primary N) is 1. The van der Waals surface area contributed by atoms with E-state index < -0.39 is 0 Å². The van der Waals surface area contributed by atoms with Crippen LogP contribution >= 0.6 is 0 Å². The molecular formula is C13H21N3O. The Labute approximate surface area is 102 Å². The number of furan rings is 1. The van der Waals surface area contributed by atoms with E-state index in [0.717, 1.165) is 25.4 Å². The van der Waals surface area contributed by atoms with Gasteiger partial charge in [-0.05, 0) is 25.1 Å². The van der Waals surface area contributed by atoms with E-state index in [9.17, 15) is 0 Å². The Balaban J connectivity index is 1.50. The largest absolute Gasteiger partial charge is 0.468 e. The van der Waals surface area contributed by atoms with E-state index in [0.29, 0.717) is 5.41 Å². The monoisotopic (exact) mass is 235 g/mol. The van der Waals surface area contributed by atoms with Crippen LogP contribution in [0.4, 0.5) is 0 Å². The lowest BCUT2D eigenvalue weighted by atomic mass is 9.79. The Morgan fingerprint density at radius 1 is 1.29 bits per heavy atom. The van der Waals surface area contributed by atoms with Gasteiger partial charge in [0.2, 0.25) is 0 Å². The van der Waals surface area contributed by atoms with Gasteiger partial charge in [0.1, 0.15) is 5.76 Å². The molecule has 2 aliphatic rings. The molecule has 17 heavy (non-hydrogen) atoms. The minimum absolute atomic E-state index is 0.557. The molecule has 0 aromatic carbocycles. The molecule has 0 unspecified atom stereocenters. The van der Waals surface area contributed by atoms with E-state index in [1.54, 1.807) is 6.26 Å². The Morgan fingerprint density at radius 2 is 2.12 bits per heavy atom. The highest BCUT2D eigenvalue weighted by Gasteiger charge is 2.46. The van der Waals surface area contributed by atoms with Crippen molar-refractivity contribution in [1.29, 1.82) is 0 Å². The number of hydrogen-bond donors (Lipinski definition) is 1. The van der Waals surface area contributed by atoms with Crippen LogP contribution in [-0.4, -0.2) is 49.1 Å². The molecule has 1 aromatic heterocycles. The van der Waals surface area contributed by atoms with Crippen molar-refractivity contribution in [2.75, 3.05) is 39.3 Å². The first-order chi connectivity index (χ1) is 8.30. The third-order valence-electron chi connectivity index (χ3n) is 4.04. The molecule has 0 radical (unpaired) electrons. The molecular weight excluding hydrogens is 214 g/mol. The average molecular weight is 235 g/mol. The summed E-state index contributed by atoms with van der Waals surface area (Å²) < 4.78 is 5.41. The maximum Gasteiger partial charge on any atom is 0.117 e. The molecule has 1 aromatic rings. The summed E-state index contributed by atoms with van der Waals surface area (Å²) in [5, 5.41) is 0. The van der Waals surface area contributed by atoms with Crippen LogP contribution in [0.3, 0.4) is 0 Å². The molecule has 2 aliphatic heterocycles. The molecule has 0 amide bonds. The van der Waals surface area contributed by atoms with Gasteiger partial charge in [0, 0.05) is 38.1 Å². The molecule has 0 atom stereocenters. The highest BCUT2D eigenvalue weighted by atomic mass is 16.3. The van der Waals surface area contributed by atoms with E-state index in [1.807, 2.05) is 6.07 Å². The van der Waals surface area contributed by atoms with Crippen molar-refractivity contribution in [1.82, 2.24) is 9.80 Å². The maximum atomic E-state index is 5.58. The minimum Gasteiger partial charge on any atom is -0.468 e. The third kappa shape index (κ3) is 2.25. The van der Waals surface area contributed by atoms with Crippen molar-refractivity contribution in [3.63, 3.8) is 0 Å². The van der Waals surface area contributed by atoms with Crippen LogP contribution in [0.2, 0.25) is 0 Å². The standard InChI is InChI=1S/C13H21N3O/c14-4-6-16-10-13(11-16)3-5-15(9-13)8-12-2-1-7-17-12/h1-2,7H,3-6,8-11,14H2. The van der Waals surface area contributed by atoms with Gasteiger partial charge in [-0.3, -0.25) is 4.90 Å². The second kappa shape index (κ2) is 4.44. The summed E-state index contributed by atoms with van der Waals surface area (Å²) in [6, 6.07) is 4.03. The molecule has 0 aliphatic carbocycles.